The van der Waals surface area contributed by atoms with Gasteiger partial charge in [0.1, 0.15) is 0 Å². The van der Waals surface area contributed by atoms with E-state index in [2.05, 4.69) is 27.4 Å². The topological polar surface area (TPSA) is 9.23 Å². The molecule has 1 fully saturated rings. The molecule has 0 aromatic rings. The van der Waals surface area contributed by atoms with Crippen molar-refractivity contribution in [2.24, 2.45) is 5.92 Å². The number of rotatable bonds is 7. The van der Waals surface area contributed by atoms with Crippen LogP contribution < -0.4 is 0 Å². The quantitative estimate of drug-likeness (QED) is 0.449. The van der Waals surface area contributed by atoms with Gasteiger partial charge in [-0.1, -0.05) is 45.3 Å². The Kier molecular flexibility index (Phi) is 4.85. The van der Waals surface area contributed by atoms with E-state index in [4.69, 9.17) is 4.74 Å². The van der Waals surface area contributed by atoms with Gasteiger partial charge in [-0.05, 0) is 26.2 Å². The van der Waals surface area contributed by atoms with Gasteiger partial charge in [-0.15, -0.1) is 0 Å². The van der Waals surface area contributed by atoms with Crippen LogP contribution in [0.3, 0.4) is 0 Å². The Balaban J connectivity index is 2.13. The molecule has 1 heteroatoms. The van der Waals surface area contributed by atoms with E-state index in [9.17, 15) is 0 Å². The van der Waals surface area contributed by atoms with Crippen molar-refractivity contribution in [3.8, 4) is 0 Å². The maximum Gasteiger partial charge on any atom is 0.0738 e. The highest BCUT2D eigenvalue weighted by Gasteiger charge is 2.40. The van der Waals surface area contributed by atoms with Crippen LogP contribution in [0.15, 0.2) is 12.2 Å². The third-order valence-corrected chi connectivity index (χ3v) is 3.69. The number of hydrogen-bond donors (Lipinski definition) is 0. The van der Waals surface area contributed by atoms with Crippen LogP contribution in [0.1, 0.15) is 59.3 Å². The number of hydrogen-bond acceptors (Lipinski definition) is 1. The van der Waals surface area contributed by atoms with Gasteiger partial charge in [-0.25, -0.2) is 0 Å². The molecule has 1 heterocycles. The van der Waals surface area contributed by atoms with Crippen molar-refractivity contribution in [3.63, 3.8) is 0 Å². The fourth-order valence-corrected chi connectivity index (χ4v) is 2.15. The molecule has 0 aromatic heterocycles. The second kappa shape index (κ2) is 5.69. The Bertz CT molecular complexity index is 209. The third kappa shape index (κ3) is 3.64. The monoisotopic (exact) mass is 210 g/mol. The van der Waals surface area contributed by atoms with Crippen LogP contribution in [-0.2, 0) is 4.74 Å². The average molecular weight is 210 g/mol. The molecule has 0 radical (unpaired) electrons. The molecular formula is C14H26O. The highest BCUT2D eigenvalue weighted by Crippen LogP contribution is 2.38. The van der Waals surface area contributed by atoms with Crippen LogP contribution in [0.2, 0.25) is 0 Å². The Morgan fingerprint density at radius 1 is 1.40 bits per heavy atom. The maximum absolute atomic E-state index is 5.67. The molecule has 1 rings (SSSR count). The molecule has 0 spiro atoms. The van der Waals surface area contributed by atoms with Gasteiger partial charge in [-0.3, -0.25) is 0 Å². The van der Waals surface area contributed by atoms with Gasteiger partial charge < -0.3 is 4.74 Å². The fraction of sp³-hybridized carbons (Fsp3) is 0.857. The van der Waals surface area contributed by atoms with E-state index in [0.717, 1.165) is 13.0 Å². The minimum absolute atomic E-state index is 0.0990. The lowest BCUT2D eigenvalue weighted by Crippen LogP contribution is -2.49. The van der Waals surface area contributed by atoms with Crippen LogP contribution in [0.4, 0.5) is 0 Å². The summed E-state index contributed by atoms with van der Waals surface area (Å²) in [5, 5.41) is 0. The van der Waals surface area contributed by atoms with Crippen LogP contribution in [-0.4, -0.2) is 12.2 Å². The first kappa shape index (κ1) is 12.8. The summed E-state index contributed by atoms with van der Waals surface area (Å²) in [5.74, 6) is 0.699. The van der Waals surface area contributed by atoms with E-state index >= 15 is 0 Å². The first-order valence-electron chi connectivity index (χ1n) is 6.39. The van der Waals surface area contributed by atoms with E-state index in [1.807, 2.05) is 0 Å². The van der Waals surface area contributed by atoms with Gasteiger partial charge in [-0.2, -0.15) is 0 Å². The predicted molar refractivity (Wildman–Crippen MR) is 66.0 cm³/mol. The molecule has 0 amide bonds. The molecule has 0 aliphatic carbocycles. The van der Waals surface area contributed by atoms with E-state index in [1.54, 1.807) is 0 Å². The molecule has 0 bridgehead atoms. The van der Waals surface area contributed by atoms with Gasteiger partial charge in [0.2, 0.25) is 0 Å². The summed E-state index contributed by atoms with van der Waals surface area (Å²) in [4.78, 5) is 0. The first-order chi connectivity index (χ1) is 7.08. The highest BCUT2D eigenvalue weighted by atomic mass is 16.5. The third-order valence-electron chi connectivity index (χ3n) is 3.69. The van der Waals surface area contributed by atoms with Crippen LogP contribution in [0.25, 0.3) is 0 Å². The smallest absolute Gasteiger partial charge is 0.0738 e. The zero-order valence-electron chi connectivity index (χ0n) is 10.6. The first-order valence-corrected chi connectivity index (χ1v) is 6.39. The summed E-state index contributed by atoms with van der Waals surface area (Å²) in [5.41, 5.74) is 1.47. The van der Waals surface area contributed by atoms with E-state index in [-0.39, 0.29) is 5.60 Å². The summed E-state index contributed by atoms with van der Waals surface area (Å²) in [6.45, 7) is 11.8. The van der Waals surface area contributed by atoms with Crippen LogP contribution >= 0.6 is 0 Å². The standard InChI is InChI=1S/C14H26O/c1-5-6-7-8-9-12(2)10-14(4)13(3)11-15-14/h13H,2,5-11H2,1,3-4H3/t13-,14+/m0/s1. The molecule has 88 valence electrons. The summed E-state index contributed by atoms with van der Waals surface area (Å²) < 4.78 is 5.67. The molecule has 1 saturated heterocycles. The zero-order chi connectivity index (χ0) is 11.3. The van der Waals surface area contributed by atoms with Gasteiger partial charge in [0, 0.05) is 5.92 Å². The van der Waals surface area contributed by atoms with Crippen molar-refractivity contribution in [1.29, 1.82) is 0 Å². The van der Waals surface area contributed by atoms with Crippen molar-refractivity contribution < 1.29 is 4.74 Å². The molecule has 0 unspecified atom stereocenters. The lowest BCUT2D eigenvalue weighted by molar-refractivity contribution is -0.184. The second-order valence-corrected chi connectivity index (χ2v) is 5.26. The molecule has 1 nitrogen and oxygen atoms in total. The largest absolute Gasteiger partial charge is 0.374 e. The molecular weight excluding hydrogens is 184 g/mol. The lowest BCUT2D eigenvalue weighted by atomic mass is 9.80. The maximum atomic E-state index is 5.67. The molecule has 15 heavy (non-hydrogen) atoms. The molecule has 0 N–H and O–H groups in total. The van der Waals surface area contributed by atoms with E-state index in [0.29, 0.717) is 5.92 Å². The Morgan fingerprint density at radius 2 is 2.13 bits per heavy atom. The van der Waals surface area contributed by atoms with Crippen molar-refractivity contribution in [3.05, 3.63) is 12.2 Å². The summed E-state index contributed by atoms with van der Waals surface area (Å²) in [6.07, 6.45) is 7.56. The van der Waals surface area contributed by atoms with E-state index < -0.39 is 0 Å². The molecule has 1 aliphatic rings. The highest BCUT2D eigenvalue weighted by molar-refractivity contribution is 5.04. The number of unbranched alkanes of at least 4 members (excludes halogenated alkanes) is 3. The van der Waals surface area contributed by atoms with Crippen molar-refractivity contribution >= 4 is 0 Å². The van der Waals surface area contributed by atoms with Crippen molar-refractivity contribution in [1.82, 2.24) is 0 Å². The molecule has 0 saturated carbocycles. The van der Waals surface area contributed by atoms with Gasteiger partial charge in [0.05, 0.1) is 12.2 Å². The molecule has 2 atom stereocenters. The minimum Gasteiger partial charge on any atom is -0.374 e. The van der Waals surface area contributed by atoms with Gasteiger partial charge in [0.15, 0.2) is 0 Å². The van der Waals surface area contributed by atoms with Gasteiger partial charge >= 0.3 is 0 Å². The fourth-order valence-electron chi connectivity index (χ4n) is 2.15. The Hall–Kier alpha value is -0.300. The summed E-state index contributed by atoms with van der Waals surface area (Å²) >= 11 is 0. The summed E-state index contributed by atoms with van der Waals surface area (Å²) in [7, 11) is 0. The average Bonchev–Trinajstić information content (AvgIpc) is 2.22. The molecule has 1 aliphatic heterocycles. The Labute approximate surface area is 94.9 Å². The lowest BCUT2D eigenvalue weighted by Gasteiger charge is -2.46. The Morgan fingerprint density at radius 3 is 2.60 bits per heavy atom. The van der Waals surface area contributed by atoms with Gasteiger partial charge in [0.25, 0.3) is 0 Å². The van der Waals surface area contributed by atoms with Crippen LogP contribution in [0.5, 0.6) is 0 Å². The summed E-state index contributed by atoms with van der Waals surface area (Å²) in [6, 6.07) is 0. The second-order valence-electron chi connectivity index (χ2n) is 5.26. The van der Waals surface area contributed by atoms with Crippen LogP contribution in [0, 0.1) is 5.92 Å². The van der Waals surface area contributed by atoms with Crippen molar-refractivity contribution in [2.45, 2.75) is 64.9 Å². The van der Waals surface area contributed by atoms with E-state index in [1.165, 1.54) is 37.7 Å². The SMILES string of the molecule is C=C(CCCCCC)C[C@@]1(C)OC[C@@H]1C. The zero-order valence-corrected chi connectivity index (χ0v) is 10.6. The number of ether oxygens (including phenoxy) is 1. The predicted octanol–water partition coefficient (Wildman–Crippen LogP) is 4.33. The minimum atomic E-state index is 0.0990. The normalized spacial score (nSPS) is 29.9. The van der Waals surface area contributed by atoms with Crippen molar-refractivity contribution in [2.75, 3.05) is 6.61 Å². The molecule has 0 aromatic carbocycles.